The van der Waals surface area contributed by atoms with E-state index in [0.717, 1.165) is 38.0 Å². The van der Waals surface area contributed by atoms with Gasteiger partial charge in [-0.25, -0.2) is 4.98 Å². The molecule has 0 aliphatic carbocycles. The summed E-state index contributed by atoms with van der Waals surface area (Å²) in [6, 6.07) is 1.08. The third-order valence-electron chi connectivity index (χ3n) is 4.99. The van der Waals surface area contributed by atoms with E-state index >= 15 is 0 Å². The average molecular weight is 382 g/mol. The quantitative estimate of drug-likeness (QED) is 0.513. The van der Waals surface area contributed by atoms with Gasteiger partial charge in [-0.05, 0) is 18.9 Å². The summed E-state index contributed by atoms with van der Waals surface area (Å²) in [5, 5.41) is 9.10. The molecule has 2 saturated heterocycles. The molecule has 7 nitrogen and oxygen atoms in total. The zero-order valence-electron chi connectivity index (χ0n) is 16.2. The third kappa shape index (κ3) is 4.54. The Bertz CT molecular complexity index is 674. The van der Waals surface area contributed by atoms with E-state index in [4.69, 9.17) is 14.6 Å². The van der Waals surface area contributed by atoms with Gasteiger partial charge < -0.3 is 19.5 Å². The average Bonchev–Trinajstić information content (AvgIpc) is 2.49. The van der Waals surface area contributed by atoms with Gasteiger partial charge in [0.15, 0.2) is 5.82 Å². The van der Waals surface area contributed by atoms with Gasteiger partial charge in [0.25, 0.3) is 5.56 Å². The highest BCUT2D eigenvalue weighted by molar-refractivity contribution is 6.76. The van der Waals surface area contributed by atoms with E-state index in [9.17, 15) is 4.79 Å². The van der Waals surface area contributed by atoms with Crippen LogP contribution in [-0.4, -0.2) is 62.2 Å². The number of rotatable bonds is 9. The molecule has 1 aromatic rings. The van der Waals surface area contributed by atoms with Crippen LogP contribution in [0.3, 0.4) is 0 Å². The van der Waals surface area contributed by atoms with Crippen LogP contribution in [0.25, 0.3) is 0 Å². The van der Waals surface area contributed by atoms with E-state index in [1.807, 2.05) is 4.90 Å². The highest BCUT2D eigenvalue weighted by Gasteiger charge is 2.50. The fraction of sp³-hybridized carbons (Fsp3) is 0.778. The number of aryl methyl sites for hydroxylation is 1. The van der Waals surface area contributed by atoms with Gasteiger partial charge >= 0.3 is 0 Å². The van der Waals surface area contributed by atoms with E-state index in [1.54, 1.807) is 10.8 Å². The summed E-state index contributed by atoms with van der Waals surface area (Å²) in [5.74, 6) is 0.506. The maximum absolute atomic E-state index is 12.8. The molecule has 1 aromatic heterocycles. The minimum absolute atomic E-state index is 0.0964. The van der Waals surface area contributed by atoms with Crippen molar-refractivity contribution in [2.75, 3.05) is 44.4 Å². The Hall–Kier alpha value is -1.22. The first-order valence-corrected chi connectivity index (χ1v) is 13.1. The van der Waals surface area contributed by atoms with Gasteiger partial charge in [0.1, 0.15) is 6.73 Å². The maximum Gasteiger partial charge on any atom is 0.295 e. The molecule has 8 heteroatoms. The maximum atomic E-state index is 12.8. The SMILES string of the molecule is C[Si](C)(C)CCOCn1cc(CCCO)nc(N2CC3(COC3)C2)c1=O. The van der Waals surface area contributed by atoms with Crippen LogP contribution < -0.4 is 10.5 Å². The molecule has 3 heterocycles. The normalized spacial score (nSPS) is 18.7. The Morgan fingerprint density at radius 1 is 1.35 bits per heavy atom. The predicted molar refractivity (Wildman–Crippen MR) is 103 cm³/mol. The van der Waals surface area contributed by atoms with Gasteiger partial charge in [-0.2, -0.15) is 0 Å². The fourth-order valence-corrected chi connectivity index (χ4v) is 4.05. The van der Waals surface area contributed by atoms with Crippen molar-refractivity contribution in [1.29, 1.82) is 0 Å². The van der Waals surface area contributed by atoms with Crippen molar-refractivity contribution in [3.8, 4) is 0 Å². The Kier molecular flexibility index (Phi) is 5.86. The minimum atomic E-state index is -1.15. The van der Waals surface area contributed by atoms with Crippen LogP contribution in [0, 0.1) is 5.41 Å². The monoisotopic (exact) mass is 381 g/mol. The molecule has 146 valence electrons. The summed E-state index contributed by atoms with van der Waals surface area (Å²) < 4.78 is 12.7. The smallest absolute Gasteiger partial charge is 0.295 e. The number of nitrogens with zero attached hydrogens (tertiary/aromatic N) is 3. The van der Waals surface area contributed by atoms with Crippen LogP contribution in [0.5, 0.6) is 0 Å². The largest absolute Gasteiger partial charge is 0.396 e. The van der Waals surface area contributed by atoms with Crippen molar-refractivity contribution in [3.63, 3.8) is 0 Å². The van der Waals surface area contributed by atoms with Crippen molar-refractivity contribution in [2.24, 2.45) is 5.41 Å². The van der Waals surface area contributed by atoms with Crippen LogP contribution in [0.1, 0.15) is 12.1 Å². The molecular formula is C18H31N3O4Si. The standard InChI is InChI=1S/C18H31N3O4Si/c1-26(2,3)8-7-24-14-20-9-15(5-4-6-22)19-16(17(20)23)21-10-18(11-21)12-25-13-18/h9,22H,4-8,10-14H2,1-3H3. The van der Waals surface area contributed by atoms with E-state index in [1.165, 1.54) is 0 Å². The van der Waals surface area contributed by atoms with Gasteiger partial charge in [0.05, 0.1) is 24.3 Å². The molecule has 0 amide bonds. The first kappa shape index (κ1) is 19.5. The number of aliphatic hydroxyl groups is 1. The minimum Gasteiger partial charge on any atom is -0.396 e. The summed E-state index contributed by atoms with van der Waals surface area (Å²) in [5.41, 5.74) is 0.961. The lowest BCUT2D eigenvalue weighted by molar-refractivity contribution is -0.127. The van der Waals surface area contributed by atoms with Crippen molar-refractivity contribution in [1.82, 2.24) is 9.55 Å². The number of hydrogen-bond donors (Lipinski definition) is 1. The first-order valence-electron chi connectivity index (χ1n) is 9.44. The molecule has 3 rings (SSSR count). The number of anilines is 1. The van der Waals surface area contributed by atoms with E-state index in [0.29, 0.717) is 25.3 Å². The molecule has 1 N–H and O–H groups in total. The first-order chi connectivity index (χ1) is 12.3. The lowest BCUT2D eigenvalue weighted by Gasteiger charge is -2.55. The Balaban J connectivity index is 1.70. The van der Waals surface area contributed by atoms with E-state index in [-0.39, 0.29) is 24.3 Å². The summed E-state index contributed by atoms with van der Waals surface area (Å²) in [4.78, 5) is 19.5. The second kappa shape index (κ2) is 7.80. The molecule has 26 heavy (non-hydrogen) atoms. The van der Waals surface area contributed by atoms with Crippen molar-refractivity contribution in [2.45, 2.75) is 45.3 Å². The Morgan fingerprint density at radius 3 is 2.65 bits per heavy atom. The summed E-state index contributed by atoms with van der Waals surface area (Å²) in [6.07, 6.45) is 3.07. The predicted octanol–water partition coefficient (Wildman–Crippen LogP) is 1.32. The van der Waals surface area contributed by atoms with E-state index in [2.05, 4.69) is 24.6 Å². The molecular weight excluding hydrogens is 350 g/mol. The van der Waals surface area contributed by atoms with Crippen molar-refractivity contribution in [3.05, 3.63) is 22.2 Å². The highest BCUT2D eigenvalue weighted by atomic mass is 28.3. The molecule has 0 saturated carbocycles. The lowest BCUT2D eigenvalue weighted by atomic mass is 9.78. The molecule has 2 aliphatic rings. The Labute approximate surface area is 156 Å². The fourth-order valence-electron chi connectivity index (χ4n) is 3.29. The van der Waals surface area contributed by atoms with E-state index < -0.39 is 8.07 Å². The molecule has 0 radical (unpaired) electrons. The summed E-state index contributed by atoms with van der Waals surface area (Å²) in [7, 11) is -1.15. The van der Waals surface area contributed by atoms with Crippen LogP contribution in [-0.2, 0) is 22.6 Å². The molecule has 0 aromatic carbocycles. The van der Waals surface area contributed by atoms with Gasteiger partial charge in [-0.3, -0.25) is 9.36 Å². The summed E-state index contributed by atoms with van der Waals surface area (Å²) in [6.45, 7) is 11.2. The summed E-state index contributed by atoms with van der Waals surface area (Å²) >= 11 is 0. The zero-order valence-corrected chi connectivity index (χ0v) is 17.2. The van der Waals surface area contributed by atoms with Gasteiger partial charge in [0, 0.05) is 40.6 Å². The van der Waals surface area contributed by atoms with Gasteiger partial charge in [-0.15, -0.1) is 0 Å². The molecule has 0 bridgehead atoms. The van der Waals surface area contributed by atoms with Gasteiger partial charge in [0.2, 0.25) is 0 Å². The van der Waals surface area contributed by atoms with Crippen LogP contribution >= 0.6 is 0 Å². The number of aromatic nitrogens is 2. The molecule has 2 aliphatic heterocycles. The van der Waals surface area contributed by atoms with Crippen molar-refractivity contribution < 1.29 is 14.6 Å². The second-order valence-electron chi connectivity index (χ2n) is 8.85. The second-order valence-corrected chi connectivity index (χ2v) is 14.5. The van der Waals surface area contributed by atoms with Crippen LogP contribution in [0.15, 0.2) is 11.0 Å². The molecule has 2 fully saturated rings. The number of hydrogen-bond acceptors (Lipinski definition) is 6. The Morgan fingerprint density at radius 2 is 2.08 bits per heavy atom. The number of ether oxygens (including phenoxy) is 2. The molecule has 0 atom stereocenters. The van der Waals surface area contributed by atoms with Crippen LogP contribution in [0.4, 0.5) is 5.82 Å². The van der Waals surface area contributed by atoms with Crippen molar-refractivity contribution >= 4 is 13.9 Å². The third-order valence-corrected chi connectivity index (χ3v) is 6.70. The topological polar surface area (TPSA) is 76.8 Å². The highest BCUT2D eigenvalue weighted by Crippen LogP contribution is 2.38. The number of aliphatic hydroxyl groups excluding tert-OH is 1. The molecule has 0 unspecified atom stereocenters. The lowest BCUT2D eigenvalue weighted by Crippen LogP contribution is -2.67. The molecule has 1 spiro atoms. The van der Waals surface area contributed by atoms with Crippen LogP contribution in [0.2, 0.25) is 25.7 Å². The zero-order chi connectivity index (χ0) is 18.8. The van der Waals surface area contributed by atoms with Gasteiger partial charge in [-0.1, -0.05) is 19.6 Å².